The summed E-state index contributed by atoms with van der Waals surface area (Å²) < 4.78 is 17.8. The molecule has 2 aromatic rings. The van der Waals surface area contributed by atoms with Crippen LogP contribution in [-0.4, -0.2) is 47.0 Å². The Labute approximate surface area is 127 Å². The molecule has 0 bridgehead atoms. The van der Waals surface area contributed by atoms with E-state index in [9.17, 15) is 5.11 Å². The quantitative estimate of drug-likeness (QED) is 0.906. The van der Waals surface area contributed by atoms with Crippen LogP contribution in [0, 0.1) is 0 Å². The zero-order valence-electron chi connectivity index (χ0n) is 12.2. The highest BCUT2D eigenvalue weighted by molar-refractivity contribution is 5.43. The monoisotopic (exact) mass is 303 g/mol. The zero-order chi connectivity index (χ0) is 15.2. The number of aromatic nitrogens is 3. The van der Waals surface area contributed by atoms with Gasteiger partial charge in [-0.15, -0.1) is 5.10 Å². The van der Waals surface area contributed by atoms with Crippen molar-refractivity contribution in [2.45, 2.75) is 18.1 Å². The first kappa shape index (κ1) is 13.5. The van der Waals surface area contributed by atoms with Gasteiger partial charge in [0.15, 0.2) is 5.60 Å². The van der Waals surface area contributed by atoms with Crippen molar-refractivity contribution in [3.8, 4) is 11.5 Å². The second-order valence-electron chi connectivity index (χ2n) is 5.66. The molecule has 1 aromatic carbocycles. The molecule has 4 rings (SSSR count). The minimum Gasteiger partial charge on any atom is -0.497 e. The highest BCUT2D eigenvalue weighted by Gasteiger charge is 2.41. The van der Waals surface area contributed by atoms with Crippen LogP contribution < -0.4 is 9.47 Å². The molecule has 1 saturated heterocycles. The fraction of sp³-hybridized carbons (Fsp3) is 0.467. The smallest absolute Gasteiger partial charge is 0.156 e. The third-order valence-corrected chi connectivity index (χ3v) is 4.21. The first-order valence-electron chi connectivity index (χ1n) is 7.23. The lowest BCUT2D eigenvalue weighted by atomic mass is 9.98. The Morgan fingerprint density at radius 1 is 1.41 bits per heavy atom. The fourth-order valence-electron chi connectivity index (χ4n) is 2.84. The lowest BCUT2D eigenvalue weighted by molar-refractivity contribution is -0.186. The van der Waals surface area contributed by atoms with Crippen LogP contribution in [0.2, 0.25) is 0 Å². The van der Waals surface area contributed by atoms with Gasteiger partial charge in [0.1, 0.15) is 17.2 Å². The molecule has 116 valence electrons. The van der Waals surface area contributed by atoms with E-state index in [4.69, 9.17) is 14.2 Å². The molecule has 7 nitrogen and oxygen atoms in total. The molecule has 0 saturated carbocycles. The van der Waals surface area contributed by atoms with Gasteiger partial charge >= 0.3 is 0 Å². The normalized spacial score (nSPS) is 22.4. The molecule has 1 atom stereocenters. The number of benzene rings is 1. The molecular weight excluding hydrogens is 286 g/mol. The minimum atomic E-state index is -0.999. The second-order valence-corrected chi connectivity index (χ2v) is 5.66. The molecule has 22 heavy (non-hydrogen) atoms. The van der Waals surface area contributed by atoms with E-state index in [-0.39, 0.29) is 19.3 Å². The maximum absolute atomic E-state index is 10.3. The molecule has 1 N–H and O–H groups in total. The summed E-state index contributed by atoms with van der Waals surface area (Å²) >= 11 is 0. The van der Waals surface area contributed by atoms with Crippen molar-refractivity contribution in [1.82, 2.24) is 15.0 Å². The van der Waals surface area contributed by atoms with Crippen LogP contribution in [0.5, 0.6) is 11.5 Å². The lowest BCUT2D eigenvalue weighted by Crippen LogP contribution is -2.46. The van der Waals surface area contributed by atoms with Crippen LogP contribution in [0.3, 0.4) is 0 Å². The van der Waals surface area contributed by atoms with Crippen molar-refractivity contribution >= 4 is 0 Å². The average Bonchev–Trinajstić information content (AvgIpc) is 3.01. The number of nitrogens with zero attached hydrogens (tertiary/aromatic N) is 3. The largest absolute Gasteiger partial charge is 0.497 e. The molecular formula is C15H17N3O4. The van der Waals surface area contributed by atoms with E-state index >= 15 is 0 Å². The van der Waals surface area contributed by atoms with Gasteiger partial charge in [-0.05, 0) is 18.2 Å². The van der Waals surface area contributed by atoms with E-state index in [1.807, 2.05) is 18.2 Å². The predicted molar refractivity (Wildman–Crippen MR) is 76.0 cm³/mol. The van der Waals surface area contributed by atoms with Crippen LogP contribution >= 0.6 is 0 Å². The summed E-state index contributed by atoms with van der Waals surface area (Å²) in [5.41, 5.74) is 0.564. The molecule has 3 heterocycles. The summed E-state index contributed by atoms with van der Waals surface area (Å²) in [6.45, 7) is 1.15. The standard InChI is InChI=1S/C15H17N3O4/c1-20-10-2-3-13-11(6-10)12(4-5-22-13)18-7-14(16-17-18)15(19)8-21-9-15/h2-3,6-7,12,19H,4-5,8-9H2,1H3/t12-/m1/s1. The first-order chi connectivity index (χ1) is 10.7. The Balaban J connectivity index is 1.69. The van der Waals surface area contributed by atoms with Crippen LogP contribution in [0.15, 0.2) is 24.4 Å². The molecule has 1 aromatic heterocycles. The Hall–Kier alpha value is -2.12. The van der Waals surface area contributed by atoms with E-state index in [0.717, 1.165) is 23.5 Å². The fourth-order valence-corrected chi connectivity index (χ4v) is 2.84. The maximum atomic E-state index is 10.3. The van der Waals surface area contributed by atoms with Gasteiger partial charge in [0.05, 0.1) is 39.2 Å². The molecule has 0 unspecified atom stereocenters. The molecule has 2 aliphatic heterocycles. The number of hydrogen-bond acceptors (Lipinski definition) is 6. The van der Waals surface area contributed by atoms with Crippen molar-refractivity contribution in [2.24, 2.45) is 0 Å². The summed E-state index contributed by atoms with van der Waals surface area (Å²) in [6, 6.07) is 5.76. The number of hydrogen-bond donors (Lipinski definition) is 1. The number of rotatable bonds is 3. The maximum Gasteiger partial charge on any atom is 0.156 e. The third-order valence-electron chi connectivity index (χ3n) is 4.21. The Bertz CT molecular complexity index is 696. The number of fused-ring (bicyclic) bond motifs is 1. The topological polar surface area (TPSA) is 78.6 Å². The van der Waals surface area contributed by atoms with E-state index in [1.54, 1.807) is 18.0 Å². The first-order valence-corrected chi connectivity index (χ1v) is 7.23. The lowest BCUT2D eigenvalue weighted by Gasteiger charge is -2.34. The van der Waals surface area contributed by atoms with Gasteiger partial charge in [-0.1, -0.05) is 5.21 Å². The van der Waals surface area contributed by atoms with Gasteiger partial charge in [0.25, 0.3) is 0 Å². The Kier molecular flexibility index (Phi) is 3.05. The molecule has 0 aliphatic carbocycles. The van der Waals surface area contributed by atoms with Gasteiger partial charge in [0.2, 0.25) is 0 Å². The van der Waals surface area contributed by atoms with Crippen LogP contribution in [-0.2, 0) is 10.3 Å². The number of methoxy groups -OCH3 is 1. The molecule has 1 fully saturated rings. The highest BCUT2D eigenvalue weighted by atomic mass is 16.5. The Morgan fingerprint density at radius 3 is 3.00 bits per heavy atom. The summed E-state index contributed by atoms with van der Waals surface area (Å²) in [4.78, 5) is 0. The van der Waals surface area contributed by atoms with Crippen LogP contribution in [0.25, 0.3) is 0 Å². The van der Waals surface area contributed by atoms with Gasteiger partial charge in [-0.25, -0.2) is 4.68 Å². The average molecular weight is 303 g/mol. The highest BCUT2D eigenvalue weighted by Crippen LogP contribution is 2.37. The van der Waals surface area contributed by atoms with Crippen LogP contribution in [0.1, 0.15) is 23.7 Å². The SMILES string of the molecule is COc1ccc2c(c1)[C@H](n1cc(C3(O)COC3)nn1)CCO2. The summed E-state index contributed by atoms with van der Waals surface area (Å²) in [5, 5.41) is 18.6. The Morgan fingerprint density at radius 2 is 2.27 bits per heavy atom. The molecule has 0 spiro atoms. The van der Waals surface area contributed by atoms with Gasteiger partial charge in [0, 0.05) is 12.0 Å². The van der Waals surface area contributed by atoms with Crippen molar-refractivity contribution in [2.75, 3.05) is 26.9 Å². The van der Waals surface area contributed by atoms with Crippen molar-refractivity contribution in [3.63, 3.8) is 0 Å². The summed E-state index contributed by atoms with van der Waals surface area (Å²) in [5.74, 6) is 1.61. The van der Waals surface area contributed by atoms with E-state index < -0.39 is 5.60 Å². The van der Waals surface area contributed by atoms with E-state index in [2.05, 4.69) is 10.3 Å². The second kappa shape index (κ2) is 4.96. The molecule has 7 heteroatoms. The molecule has 0 radical (unpaired) electrons. The zero-order valence-corrected chi connectivity index (χ0v) is 12.2. The minimum absolute atomic E-state index is 0.0182. The van der Waals surface area contributed by atoms with Crippen LogP contribution in [0.4, 0.5) is 0 Å². The van der Waals surface area contributed by atoms with Crippen molar-refractivity contribution < 1.29 is 19.3 Å². The number of ether oxygens (including phenoxy) is 3. The van der Waals surface area contributed by atoms with E-state index in [0.29, 0.717) is 12.3 Å². The molecule has 2 aliphatic rings. The van der Waals surface area contributed by atoms with Crippen molar-refractivity contribution in [1.29, 1.82) is 0 Å². The molecule has 0 amide bonds. The van der Waals surface area contributed by atoms with E-state index in [1.165, 1.54) is 0 Å². The summed E-state index contributed by atoms with van der Waals surface area (Å²) in [7, 11) is 1.64. The van der Waals surface area contributed by atoms with Gasteiger partial charge < -0.3 is 19.3 Å². The third kappa shape index (κ3) is 2.05. The predicted octanol–water partition coefficient (Wildman–Crippen LogP) is 0.876. The van der Waals surface area contributed by atoms with Crippen molar-refractivity contribution in [3.05, 3.63) is 35.7 Å². The van der Waals surface area contributed by atoms with Gasteiger partial charge in [-0.2, -0.15) is 0 Å². The summed E-state index contributed by atoms with van der Waals surface area (Å²) in [6.07, 6.45) is 2.58. The van der Waals surface area contributed by atoms with Gasteiger partial charge in [-0.3, -0.25) is 0 Å². The number of aliphatic hydroxyl groups is 1.